The molecule has 2 heterocycles. The van der Waals surface area contributed by atoms with Crippen molar-refractivity contribution in [3.8, 4) is 5.75 Å². The van der Waals surface area contributed by atoms with Gasteiger partial charge in [-0.1, -0.05) is 17.1 Å². The molecule has 2 aliphatic rings. The van der Waals surface area contributed by atoms with Crippen LogP contribution in [0.15, 0.2) is 34.4 Å². The Morgan fingerprint density at radius 1 is 1.32 bits per heavy atom. The second-order valence-electron chi connectivity index (χ2n) is 5.65. The Hall–Kier alpha value is -3.23. The maximum Gasteiger partial charge on any atom is 0.413 e. The van der Waals surface area contributed by atoms with Crippen molar-refractivity contribution in [2.24, 2.45) is 10.1 Å². The zero-order valence-corrected chi connectivity index (χ0v) is 14.2. The van der Waals surface area contributed by atoms with E-state index in [2.05, 4.69) is 15.5 Å². The van der Waals surface area contributed by atoms with Crippen molar-refractivity contribution in [1.82, 2.24) is 15.2 Å². The fraction of sp³-hybridized carbons (Fsp3) is 0.312. The number of amides is 3. The minimum absolute atomic E-state index is 0.110. The summed E-state index contributed by atoms with van der Waals surface area (Å²) in [6, 6.07) is 5.71. The average molecular weight is 343 g/mol. The van der Waals surface area contributed by atoms with Crippen LogP contribution in [0.2, 0.25) is 0 Å². The van der Waals surface area contributed by atoms with E-state index < -0.39 is 12.1 Å². The van der Waals surface area contributed by atoms with Crippen LogP contribution in [0.3, 0.4) is 0 Å². The third-order valence-electron chi connectivity index (χ3n) is 4.18. The zero-order valence-electron chi connectivity index (χ0n) is 14.2. The number of carbonyl (C=O) groups excluding carboxylic acids is 2. The molecule has 0 spiro atoms. The molecule has 1 aromatic rings. The van der Waals surface area contributed by atoms with Crippen molar-refractivity contribution in [2.45, 2.75) is 13.0 Å². The maximum atomic E-state index is 12.5. The molecule has 0 radical (unpaired) electrons. The molecule has 0 aromatic heterocycles. The van der Waals surface area contributed by atoms with Crippen LogP contribution in [0.1, 0.15) is 12.5 Å². The largest absolute Gasteiger partial charge is 0.507 e. The molecule has 130 valence electrons. The second kappa shape index (κ2) is 6.34. The number of fused-ring (bicyclic) bond motifs is 1. The monoisotopic (exact) mass is 343 g/mol. The highest BCUT2D eigenvalue weighted by Gasteiger charge is 2.50. The molecule has 1 aromatic carbocycles. The van der Waals surface area contributed by atoms with Crippen molar-refractivity contribution in [1.29, 1.82) is 0 Å². The van der Waals surface area contributed by atoms with Crippen LogP contribution in [0.25, 0.3) is 0 Å². The van der Waals surface area contributed by atoms with Gasteiger partial charge in [-0.05, 0) is 19.1 Å². The third kappa shape index (κ3) is 2.73. The molecular weight excluding hydrogens is 324 g/mol. The molecule has 2 N–H and O–H groups in total. The first-order valence-corrected chi connectivity index (χ1v) is 7.80. The van der Waals surface area contributed by atoms with Gasteiger partial charge in [0.25, 0.3) is 5.91 Å². The van der Waals surface area contributed by atoms with E-state index in [-0.39, 0.29) is 11.7 Å². The maximum absolute atomic E-state index is 12.5. The van der Waals surface area contributed by atoms with E-state index in [1.807, 2.05) is 6.92 Å². The van der Waals surface area contributed by atoms with E-state index in [0.29, 0.717) is 23.9 Å². The Morgan fingerprint density at radius 2 is 2.04 bits per heavy atom. The lowest BCUT2D eigenvalue weighted by Gasteiger charge is -2.31. The van der Waals surface area contributed by atoms with Gasteiger partial charge in [0, 0.05) is 19.7 Å². The number of aliphatic imine (C=N–C) groups is 1. The number of nitrogens with zero attached hydrogens (tertiary/aromatic N) is 5. The lowest BCUT2D eigenvalue weighted by molar-refractivity contribution is -0.533. The van der Waals surface area contributed by atoms with Gasteiger partial charge in [-0.15, -0.1) is 5.10 Å². The average Bonchev–Trinajstić information content (AvgIpc) is 2.98. The number of nitrogens with one attached hydrogen (secondary N) is 1. The van der Waals surface area contributed by atoms with Gasteiger partial charge < -0.3 is 5.11 Å². The Balaban J connectivity index is 1.87. The number of phenolic OH excluding ortho intramolecular Hbond substituents is 1. The zero-order chi connectivity index (χ0) is 18.1. The second-order valence-corrected chi connectivity index (χ2v) is 5.65. The van der Waals surface area contributed by atoms with E-state index in [9.17, 15) is 14.7 Å². The highest BCUT2D eigenvalue weighted by atomic mass is 16.3. The Labute approximate surface area is 144 Å². The number of hydrogen-bond acceptors (Lipinski definition) is 6. The molecule has 1 unspecified atom stereocenters. The van der Waals surface area contributed by atoms with Gasteiger partial charge in [0.15, 0.2) is 0 Å². The van der Waals surface area contributed by atoms with Crippen LogP contribution in [0, 0.1) is 0 Å². The number of phenols is 1. The van der Waals surface area contributed by atoms with Gasteiger partial charge in [0.2, 0.25) is 11.9 Å². The van der Waals surface area contributed by atoms with Gasteiger partial charge in [-0.3, -0.25) is 14.6 Å². The highest BCUT2D eigenvalue weighted by molar-refractivity contribution is 6.22. The number of carbonyl (C=O) groups is 2. The SMILES string of the molecule is CC[N+]1=C(N/N=C/c2ccccc2O)N=C2C1C(=O)N(C)C(=O)N2C. The summed E-state index contributed by atoms with van der Waals surface area (Å²) in [7, 11) is 3.03. The van der Waals surface area contributed by atoms with E-state index in [1.165, 1.54) is 18.2 Å². The van der Waals surface area contributed by atoms with Crippen molar-refractivity contribution in [2.75, 3.05) is 20.6 Å². The van der Waals surface area contributed by atoms with Crippen LogP contribution in [-0.2, 0) is 4.79 Å². The van der Waals surface area contributed by atoms with Gasteiger partial charge in [-0.2, -0.15) is 5.43 Å². The molecule has 1 fully saturated rings. The predicted molar refractivity (Wildman–Crippen MR) is 91.8 cm³/mol. The molecule has 1 saturated heterocycles. The van der Waals surface area contributed by atoms with Crippen molar-refractivity contribution in [3.05, 3.63) is 29.8 Å². The molecule has 3 rings (SSSR count). The summed E-state index contributed by atoms with van der Waals surface area (Å²) in [4.78, 5) is 31.3. The number of amidine groups is 1. The molecule has 3 amide bonds. The number of imide groups is 1. The van der Waals surface area contributed by atoms with Gasteiger partial charge in [0.1, 0.15) is 5.75 Å². The van der Waals surface area contributed by atoms with E-state index in [1.54, 1.807) is 35.9 Å². The quantitative estimate of drug-likeness (QED) is 0.459. The Bertz CT molecular complexity index is 829. The lowest BCUT2D eigenvalue weighted by Crippen LogP contribution is -2.61. The summed E-state index contributed by atoms with van der Waals surface area (Å²) in [6.07, 6.45) is 1.46. The third-order valence-corrected chi connectivity index (χ3v) is 4.18. The van der Waals surface area contributed by atoms with Gasteiger partial charge >= 0.3 is 12.0 Å². The molecular formula is C16H19N6O3+. The number of guanidine groups is 1. The minimum atomic E-state index is -0.652. The number of benzene rings is 1. The normalized spacial score (nSPS) is 20.4. The van der Waals surface area contributed by atoms with Crippen molar-refractivity contribution < 1.29 is 19.3 Å². The number of para-hydroxylation sites is 1. The molecule has 25 heavy (non-hydrogen) atoms. The summed E-state index contributed by atoms with van der Waals surface area (Å²) >= 11 is 0. The first-order chi connectivity index (χ1) is 12.0. The number of hydrogen-bond donors (Lipinski definition) is 2. The molecule has 9 nitrogen and oxygen atoms in total. The van der Waals surface area contributed by atoms with E-state index >= 15 is 0 Å². The standard InChI is InChI=1S/C16H18N6O3/c1-4-22-12-13(20(2)16(25)21(3)14(12)24)18-15(22)19-17-9-10-7-5-6-8-11(10)23/h5-9,12H,4H2,1-3H3,(H,17,23)/p+1. The molecule has 0 saturated carbocycles. The fourth-order valence-electron chi connectivity index (χ4n) is 2.78. The van der Waals surface area contributed by atoms with E-state index in [4.69, 9.17) is 0 Å². The molecule has 1 atom stereocenters. The van der Waals surface area contributed by atoms with Gasteiger partial charge in [-0.25, -0.2) is 9.37 Å². The summed E-state index contributed by atoms with van der Waals surface area (Å²) in [6.45, 7) is 2.39. The number of aromatic hydroxyl groups is 1. The van der Waals surface area contributed by atoms with Crippen LogP contribution in [-0.4, -0.2) is 76.1 Å². The Morgan fingerprint density at radius 3 is 2.72 bits per heavy atom. The number of likely N-dealkylation sites (N-methyl/N-ethyl adjacent to an activating group) is 3. The van der Waals surface area contributed by atoms with Crippen LogP contribution in [0.5, 0.6) is 5.75 Å². The summed E-state index contributed by atoms with van der Waals surface area (Å²) < 4.78 is 1.74. The molecule has 0 bridgehead atoms. The predicted octanol–water partition coefficient (Wildman–Crippen LogP) is 0.00860. The topological polar surface area (TPSA) is 101 Å². The first-order valence-electron chi connectivity index (χ1n) is 7.80. The smallest absolute Gasteiger partial charge is 0.413 e. The van der Waals surface area contributed by atoms with Crippen molar-refractivity contribution >= 4 is 29.9 Å². The van der Waals surface area contributed by atoms with E-state index in [0.717, 1.165) is 4.90 Å². The van der Waals surface area contributed by atoms with Crippen LogP contribution >= 0.6 is 0 Å². The Kier molecular flexibility index (Phi) is 4.22. The number of hydrazone groups is 1. The summed E-state index contributed by atoms with van der Waals surface area (Å²) in [5.74, 6) is 0.525. The van der Waals surface area contributed by atoms with Crippen molar-refractivity contribution in [3.63, 3.8) is 0 Å². The van der Waals surface area contributed by atoms with Crippen LogP contribution in [0.4, 0.5) is 4.79 Å². The molecule has 9 heteroatoms. The highest BCUT2D eigenvalue weighted by Crippen LogP contribution is 2.18. The minimum Gasteiger partial charge on any atom is -0.507 e. The summed E-state index contributed by atoms with van der Waals surface area (Å²) in [5, 5.41) is 13.8. The summed E-state index contributed by atoms with van der Waals surface area (Å²) in [5.41, 5.74) is 3.34. The number of rotatable bonds is 3. The van der Waals surface area contributed by atoms with Gasteiger partial charge in [0.05, 0.1) is 12.8 Å². The first kappa shape index (κ1) is 16.6. The fourth-order valence-corrected chi connectivity index (χ4v) is 2.78. The molecule has 2 aliphatic heterocycles. The molecule has 0 aliphatic carbocycles. The number of urea groups is 1. The van der Waals surface area contributed by atoms with Crippen LogP contribution < -0.4 is 5.43 Å². The lowest BCUT2D eigenvalue weighted by atomic mass is 10.1.